The third-order valence-corrected chi connectivity index (χ3v) is 5.45. The molecule has 0 aliphatic carbocycles. The fourth-order valence-corrected chi connectivity index (χ4v) is 3.63. The van der Waals surface area contributed by atoms with E-state index >= 15 is 0 Å². The minimum absolute atomic E-state index is 0.206. The number of aromatic nitrogens is 1. The molecule has 0 aliphatic rings. The number of hydrogen-bond donors (Lipinski definition) is 2. The Hall–Kier alpha value is -3.34. The Morgan fingerprint density at radius 2 is 1.53 bits per heavy atom. The number of carbonyl (C=O) groups is 1. The van der Waals surface area contributed by atoms with Crippen molar-refractivity contribution in [3.63, 3.8) is 0 Å². The Labute approximate surface area is 197 Å². The molecule has 3 aromatic carbocycles. The van der Waals surface area contributed by atoms with E-state index in [0.717, 1.165) is 35.5 Å². The Morgan fingerprint density at radius 1 is 0.812 bits per heavy atom. The molecule has 1 amide bonds. The molecular weight excluding hydrogens is 441 g/mol. The molecule has 4 rings (SSSR count). The van der Waals surface area contributed by atoms with Crippen molar-refractivity contribution >= 4 is 40.5 Å². The maximum Gasteiger partial charge on any atom is 0.256 e. The topological polar surface area (TPSA) is 54.0 Å². The van der Waals surface area contributed by atoms with Crippen molar-refractivity contribution in [3.05, 3.63) is 112 Å². The predicted molar refractivity (Wildman–Crippen MR) is 133 cm³/mol. The fourth-order valence-electron chi connectivity index (χ4n) is 3.33. The van der Waals surface area contributed by atoms with Gasteiger partial charge in [0.25, 0.3) is 5.91 Å². The molecule has 0 fully saturated rings. The van der Waals surface area contributed by atoms with E-state index in [0.29, 0.717) is 21.3 Å². The molecule has 32 heavy (non-hydrogen) atoms. The standard InChI is InChI=1S/C26H21Cl2N3O/c27-19-6-4-18(5-7-19)25-17-20(28)8-13-24(25)26(32)31-23-11-9-22(10-12-23)30-16-14-21-3-1-2-15-29-21/h1-13,15,17,30H,14,16H2,(H,31,32). The molecule has 0 saturated heterocycles. The monoisotopic (exact) mass is 461 g/mol. The fraction of sp³-hybridized carbons (Fsp3) is 0.0769. The zero-order valence-corrected chi connectivity index (χ0v) is 18.7. The van der Waals surface area contributed by atoms with Crippen LogP contribution in [0, 0.1) is 0 Å². The van der Waals surface area contributed by atoms with Gasteiger partial charge in [-0.25, -0.2) is 0 Å². The number of carbonyl (C=O) groups excluding carboxylic acids is 1. The first kappa shape index (κ1) is 21.9. The molecule has 0 aliphatic heterocycles. The van der Waals surface area contributed by atoms with Gasteiger partial charge in [-0.3, -0.25) is 9.78 Å². The largest absolute Gasteiger partial charge is 0.385 e. The smallest absolute Gasteiger partial charge is 0.256 e. The van der Waals surface area contributed by atoms with E-state index in [2.05, 4.69) is 15.6 Å². The molecule has 2 N–H and O–H groups in total. The Kier molecular flexibility index (Phi) is 7.05. The van der Waals surface area contributed by atoms with Crippen LogP contribution in [0.2, 0.25) is 10.0 Å². The molecule has 0 radical (unpaired) electrons. The molecule has 1 heterocycles. The van der Waals surface area contributed by atoms with Crippen molar-refractivity contribution in [2.24, 2.45) is 0 Å². The van der Waals surface area contributed by atoms with Crippen molar-refractivity contribution in [1.82, 2.24) is 4.98 Å². The quantitative estimate of drug-likeness (QED) is 0.312. The summed E-state index contributed by atoms with van der Waals surface area (Å²) in [5.74, 6) is -0.206. The van der Waals surface area contributed by atoms with E-state index in [4.69, 9.17) is 23.2 Å². The third kappa shape index (κ3) is 5.67. The van der Waals surface area contributed by atoms with Crippen molar-refractivity contribution in [2.75, 3.05) is 17.2 Å². The third-order valence-electron chi connectivity index (χ3n) is 4.96. The van der Waals surface area contributed by atoms with Crippen molar-refractivity contribution in [2.45, 2.75) is 6.42 Å². The summed E-state index contributed by atoms with van der Waals surface area (Å²) in [5.41, 5.74) is 4.89. The van der Waals surface area contributed by atoms with Gasteiger partial charge in [0.2, 0.25) is 0 Å². The van der Waals surface area contributed by atoms with Crippen LogP contribution in [0.25, 0.3) is 11.1 Å². The number of anilines is 2. The molecule has 4 aromatic rings. The molecule has 160 valence electrons. The molecule has 0 atom stereocenters. The van der Waals surface area contributed by atoms with Gasteiger partial charge in [0.15, 0.2) is 0 Å². The van der Waals surface area contributed by atoms with Gasteiger partial charge in [-0.1, -0.05) is 41.4 Å². The number of halogens is 2. The number of pyridine rings is 1. The summed E-state index contributed by atoms with van der Waals surface area (Å²) in [6, 6.07) is 26.1. The van der Waals surface area contributed by atoms with Gasteiger partial charge >= 0.3 is 0 Å². The first-order chi connectivity index (χ1) is 15.6. The lowest BCUT2D eigenvalue weighted by Gasteiger charge is -2.12. The molecular formula is C26H21Cl2N3O. The molecule has 0 saturated carbocycles. The second kappa shape index (κ2) is 10.3. The number of hydrogen-bond acceptors (Lipinski definition) is 3. The van der Waals surface area contributed by atoms with Gasteiger partial charge in [-0.05, 0) is 77.9 Å². The lowest BCUT2D eigenvalue weighted by molar-refractivity contribution is 0.102. The van der Waals surface area contributed by atoms with Crippen molar-refractivity contribution < 1.29 is 4.79 Å². The highest BCUT2D eigenvalue weighted by atomic mass is 35.5. The summed E-state index contributed by atoms with van der Waals surface area (Å²) >= 11 is 12.2. The molecule has 0 bridgehead atoms. The SMILES string of the molecule is O=C(Nc1ccc(NCCc2ccccn2)cc1)c1ccc(Cl)cc1-c1ccc(Cl)cc1. The summed E-state index contributed by atoms with van der Waals surface area (Å²) < 4.78 is 0. The first-order valence-corrected chi connectivity index (χ1v) is 10.9. The molecule has 1 aromatic heterocycles. The maximum absolute atomic E-state index is 13.0. The van der Waals surface area contributed by atoms with Crippen LogP contribution in [0.1, 0.15) is 16.1 Å². The number of nitrogens with one attached hydrogen (secondary N) is 2. The average molecular weight is 462 g/mol. The van der Waals surface area contributed by atoms with Crippen LogP contribution in [-0.2, 0) is 6.42 Å². The second-order valence-electron chi connectivity index (χ2n) is 7.23. The highest BCUT2D eigenvalue weighted by molar-refractivity contribution is 6.31. The molecule has 6 heteroatoms. The maximum atomic E-state index is 13.0. The van der Waals surface area contributed by atoms with E-state index in [1.54, 1.807) is 36.5 Å². The van der Waals surface area contributed by atoms with Crippen molar-refractivity contribution in [3.8, 4) is 11.1 Å². The van der Waals surface area contributed by atoms with Gasteiger partial charge in [0, 0.05) is 51.8 Å². The van der Waals surface area contributed by atoms with Crippen LogP contribution in [0.4, 0.5) is 11.4 Å². The normalized spacial score (nSPS) is 10.6. The summed E-state index contributed by atoms with van der Waals surface area (Å²) in [6.07, 6.45) is 2.63. The van der Waals surface area contributed by atoms with Crippen LogP contribution in [0.5, 0.6) is 0 Å². The van der Waals surface area contributed by atoms with Gasteiger partial charge in [0.05, 0.1) is 0 Å². The first-order valence-electron chi connectivity index (χ1n) is 10.2. The van der Waals surface area contributed by atoms with E-state index in [-0.39, 0.29) is 5.91 Å². The van der Waals surface area contributed by atoms with Crippen molar-refractivity contribution in [1.29, 1.82) is 0 Å². The van der Waals surface area contributed by atoms with E-state index in [9.17, 15) is 4.79 Å². The number of amides is 1. The zero-order valence-electron chi connectivity index (χ0n) is 17.2. The van der Waals surface area contributed by atoms with Gasteiger partial charge in [-0.15, -0.1) is 0 Å². The Morgan fingerprint density at radius 3 is 2.25 bits per heavy atom. The molecule has 0 spiro atoms. The van der Waals surface area contributed by atoms with Crippen LogP contribution in [0.3, 0.4) is 0 Å². The summed E-state index contributed by atoms with van der Waals surface area (Å²) in [4.78, 5) is 17.3. The van der Waals surface area contributed by atoms with E-state index < -0.39 is 0 Å². The zero-order chi connectivity index (χ0) is 22.3. The summed E-state index contributed by atoms with van der Waals surface area (Å²) in [7, 11) is 0. The molecule has 4 nitrogen and oxygen atoms in total. The number of nitrogens with zero attached hydrogens (tertiary/aromatic N) is 1. The van der Waals surface area contributed by atoms with Crippen LogP contribution in [-0.4, -0.2) is 17.4 Å². The van der Waals surface area contributed by atoms with Gasteiger partial charge < -0.3 is 10.6 Å². The van der Waals surface area contributed by atoms with E-state index in [1.807, 2.05) is 54.6 Å². The second-order valence-corrected chi connectivity index (χ2v) is 8.10. The minimum Gasteiger partial charge on any atom is -0.385 e. The lowest BCUT2D eigenvalue weighted by atomic mass is 9.99. The van der Waals surface area contributed by atoms with Gasteiger partial charge in [0.1, 0.15) is 0 Å². The molecule has 0 unspecified atom stereocenters. The average Bonchev–Trinajstić information content (AvgIpc) is 2.81. The van der Waals surface area contributed by atoms with Crippen LogP contribution in [0.15, 0.2) is 91.1 Å². The minimum atomic E-state index is -0.206. The van der Waals surface area contributed by atoms with Gasteiger partial charge in [-0.2, -0.15) is 0 Å². The summed E-state index contributed by atoms with van der Waals surface area (Å²) in [6.45, 7) is 0.776. The number of rotatable bonds is 7. The highest BCUT2D eigenvalue weighted by Gasteiger charge is 2.14. The number of benzene rings is 3. The highest BCUT2D eigenvalue weighted by Crippen LogP contribution is 2.29. The van der Waals surface area contributed by atoms with Crippen LogP contribution >= 0.6 is 23.2 Å². The predicted octanol–water partition coefficient (Wildman–Crippen LogP) is 6.96. The lowest BCUT2D eigenvalue weighted by Crippen LogP contribution is -2.13. The Balaban J connectivity index is 1.42. The van der Waals surface area contributed by atoms with Crippen LogP contribution < -0.4 is 10.6 Å². The van der Waals surface area contributed by atoms with E-state index in [1.165, 1.54) is 0 Å². The summed E-state index contributed by atoms with van der Waals surface area (Å²) in [5, 5.41) is 7.53. The Bertz CT molecular complexity index is 1190.